The molecule has 0 aliphatic heterocycles. The van der Waals surface area contributed by atoms with Crippen LogP contribution in [0.15, 0.2) is 24.3 Å². The number of carbonyl (C=O) groups excluding carboxylic acids is 1. The summed E-state index contributed by atoms with van der Waals surface area (Å²) >= 11 is 1.12. The molecule has 1 atom stereocenters. The Kier molecular flexibility index (Phi) is 4.87. The van der Waals surface area contributed by atoms with Crippen molar-refractivity contribution in [3.05, 3.63) is 35.0 Å². The number of carbonyl (C=O) groups is 2. The van der Waals surface area contributed by atoms with E-state index in [0.717, 1.165) is 11.3 Å². The van der Waals surface area contributed by atoms with Crippen molar-refractivity contribution in [2.45, 2.75) is 12.5 Å². The number of rotatable bonds is 6. The first-order valence-corrected chi connectivity index (χ1v) is 7.05. The fourth-order valence-corrected chi connectivity index (χ4v) is 2.84. The number of halogens is 1. The van der Waals surface area contributed by atoms with E-state index < -0.39 is 23.7 Å². The van der Waals surface area contributed by atoms with E-state index in [1.165, 1.54) is 19.2 Å². The fraction of sp³-hybridized carbons (Fsp3) is 0.286. The van der Waals surface area contributed by atoms with Gasteiger partial charge in [-0.1, -0.05) is 6.07 Å². The van der Waals surface area contributed by atoms with Gasteiger partial charge in [-0.25, -0.2) is 9.18 Å². The summed E-state index contributed by atoms with van der Waals surface area (Å²) in [6.07, 6.45) is 0.164. The highest BCUT2D eigenvalue weighted by atomic mass is 32.1. The second-order valence-corrected chi connectivity index (χ2v) is 5.49. The van der Waals surface area contributed by atoms with Gasteiger partial charge in [-0.15, -0.1) is 11.3 Å². The molecule has 2 aromatic rings. The van der Waals surface area contributed by atoms with Crippen LogP contribution in [0.3, 0.4) is 0 Å². The number of hydrogen-bond acceptors (Lipinski definition) is 4. The molecule has 1 amide bonds. The molecule has 21 heavy (non-hydrogen) atoms. The van der Waals surface area contributed by atoms with E-state index in [1.54, 1.807) is 12.1 Å². The Labute approximate surface area is 124 Å². The number of carboxylic acids is 1. The Bertz CT molecular complexity index is 670. The molecule has 0 aliphatic rings. The number of hydrogen-bond donors (Lipinski definition) is 2. The molecule has 1 aromatic heterocycles. The van der Waals surface area contributed by atoms with Crippen LogP contribution in [0.1, 0.15) is 16.1 Å². The van der Waals surface area contributed by atoms with Gasteiger partial charge in [0.1, 0.15) is 11.9 Å². The first kappa shape index (κ1) is 15.4. The Morgan fingerprint density at radius 2 is 2.24 bits per heavy atom. The van der Waals surface area contributed by atoms with Crippen molar-refractivity contribution in [1.82, 2.24) is 5.32 Å². The molecule has 1 aromatic carbocycles. The van der Waals surface area contributed by atoms with Gasteiger partial charge in [0.25, 0.3) is 5.91 Å². The molecule has 7 heteroatoms. The van der Waals surface area contributed by atoms with Crippen molar-refractivity contribution in [2.24, 2.45) is 0 Å². The smallest absolute Gasteiger partial charge is 0.326 e. The van der Waals surface area contributed by atoms with Crippen LogP contribution in [-0.4, -0.2) is 36.7 Å². The van der Waals surface area contributed by atoms with Crippen molar-refractivity contribution in [3.63, 3.8) is 0 Å². The monoisotopic (exact) mass is 311 g/mol. The Balaban J connectivity index is 2.17. The van der Waals surface area contributed by atoms with Gasteiger partial charge in [0.2, 0.25) is 0 Å². The summed E-state index contributed by atoms with van der Waals surface area (Å²) in [5.41, 5.74) is 0. The summed E-state index contributed by atoms with van der Waals surface area (Å²) in [4.78, 5) is 23.4. The highest BCUT2D eigenvalue weighted by Crippen LogP contribution is 2.27. The molecule has 0 bridgehead atoms. The summed E-state index contributed by atoms with van der Waals surface area (Å²) in [6, 6.07) is 4.98. The zero-order chi connectivity index (χ0) is 15.4. The highest BCUT2D eigenvalue weighted by molar-refractivity contribution is 7.20. The maximum absolute atomic E-state index is 13.6. The number of carboxylic acid groups (broad SMARTS) is 1. The largest absolute Gasteiger partial charge is 0.480 e. The van der Waals surface area contributed by atoms with Gasteiger partial charge in [0.05, 0.1) is 4.88 Å². The minimum Gasteiger partial charge on any atom is -0.480 e. The molecule has 0 saturated heterocycles. The number of ether oxygens (including phenoxy) is 1. The predicted octanol–water partition coefficient (Wildman–Crippen LogP) is 2.26. The zero-order valence-electron chi connectivity index (χ0n) is 11.3. The number of thiophene rings is 1. The lowest BCUT2D eigenvalue weighted by Crippen LogP contribution is -2.41. The first-order valence-electron chi connectivity index (χ1n) is 6.23. The van der Waals surface area contributed by atoms with Gasteiger partial charge in [0, 0.05) is 30.2 Å². The Morgan fingerprint density at radius 1 is 1.48 bits per heavy atom. The fourth-order valence-electron chi connectivity index (χ4n) is 1.86. The number of aliphatic carboxylic acids is 1. The molecule has 0 radical (unpaired) electrons. The number of amides is 1. The maximum Gasteiger partial charge on any atom is 0.326 e. The van der Waals surface area contributed by atoms with Crippen LogP contribution in [0.5, 0.6) is 0 Å². The van der Waals surface area contributed by atoms with Gasteiger partial charge in [0.15, 0.2) is 0 Å². The Hall–Kier alpha value is -1.99. The molecule has 1 heterocycles. The Morgan fingerprint density at radius 3 is 2.86 bits per heavy atom. The molecule has 112 valence electrons. The van der Waals surface area contributed by atoms with E-state index in [9.17, 15) is 14.0 Å². The molecule has 0 spiro atoms. The second-order valence-electron chi connectivity index (χ2n) is 4.41. The van der Waals surface area contributed by atoms with Gasteiger partial charge in [-0.3, -0.25) is 4.79 Å². The summed E-state index contributed by atoms with van der Waals surface area (Å²) < 4.78 is 19.0. The normalized spacial score (nSPS) is 12.3. The SMILES string of the molecule is COCCC(NC(=O)c1cc2c(F)cccc2s1)C(=O)O. The molecular weight excluding hydrogens is 297 g/mol. The van der Waals surface area contributed by atoms with Crippen LogP contribution in [0, 0.1) is 5.82 Å². The first-order chi connectivity index (χ1) is 10.0. The van der Waals surface area contributed by atoms with E-state index in [4.69, 9.17) is 9.84 Å². The molecule has 0 fully saturated rings. The van der Waals surface area contributed by atoms with Crippen molar-refractivity contribution >= 4 is 33.3 Å². The molecule has 2 rings (SSSR count). The van der Waals surface area contributed by atoms with Gasteiger partial charge < -0.3 is 15.2 Å². The maximum atomic E-state index is 13.6. The third kappa shape index (κ3) is 3.56. The second kappa shape index (κ2) is 6.64. The van der Waals surface area contributed by atoms with Crippen molar-refractivity contribution < 1.29 is 23.8 Å². The van der Waals surface area contributed by atoms with Crippen LogP contribution in [0.2, 0.25) is 0 Å². The minimum absolute atomic E-state index is 0.164. The van der Waals surface area contributed by atoms with Crippen LogP contribution >= 0.6 is 11.3 Å². The zero-order valence-corrected chi connectivity index (χ0v) is 12.1. The summed E-state index contributed by atoms with van der Waals surface area (Å²) in [7, 11) is 1.45. The van der Waals surface area contributed by atoms with Crippen LogP contribution in [-0.2, 0) is 9.53 Å². The average molecular weight is 311 g/mol. The third-order valence-corrected chi connectivity index (χ3v) is 4.05. The van der Waals surface area contributed by atoms with Gasteiger partial charge in [-0.05, 0) is 18.2 Å². The standard InChI is InChI=1S/C14H14FNO4S/c1-20-6-5-10(14(18)19)16-13(17)12-7-8-9(15)3-2-4-11(8)21-12/h2-4,7,10H,5-6H2,1H3,(H,16,17)(H,18,19). The average Bonchev–Trinajstić information content (AvgIpc) is 2.88. The molecule has 1 unspecified atom stereocenters. The van der Waals surface area contributed by atoms with Gasteiger partial charge >= 0.3 is 5.97 Å². The van der Waals surface area contributed by atoms with E-state index in [0.29, 0.717) is 10.1 Å². The van der Waals surface area contributed by atoms with Crippen LogP contribution in [0.4, 0.5) is 4.39 Å². The van der Waals surface area contributed by atoms with Crippen LogP contribution < -0.4 is 5.32 Å². The predicted molar refractivity (Wildman–Crippen MR) is 77.2 cm³/mol. The summed E-state index contributed by atoms with van der Waals surface area (Å²) in [6.45, 7) is 0.221. The molecular formula is C14H14FNO4S. The van der Waals surface area contributed by atoms with E-state index >= 15 is 0 Å². The molecule has 0 saturated carbocycles. The molecule has 0 aliphatic carbocycles. The van der Waals surface area contributed by atoms with Gasteiger partial charge in [-0.2, -0.15) is 0 Å². The molecule has 2 N–H and O–H groups in total. The lowest BCUT2D eigenvalue weighted by atomic mass is 10.2. The highest BCUT2D eigenvalue weighted by Gasteiger charge is 2.21. The summed E-state index contributed by atoms with van der Waals surface area (Å²) in [5.74, 6) is -2.07. The van der Waals surface area contributed by atoms with Crippen molar-refractivity contribution in [3.8, 4) is 0 Å². The van der Waals surface area contributed by atoms with E-state index in [1.807, 2.05) is 0 Å². The minimum atomic E-state index is -1.13. The molecule has 5 nitrogen and oxygen atoms in total. The number of benzene rings is 1. The van der Waals surface area contributed by atoms with E-state index in [-0.39, 0.29) is 17.9 Å². The third-order valence-electron chi connectivity index (χ3n) is 2.95. The lowest BCUT2D eigenvalue weighted by molar-refractivity contribution is -0.139. The quantitative estimate of drug-likeness (QED) is 0.858. The van der Waals surface area contributed by atoms with Crippen molar-refractivity contribution in [2.75, 3.05) is 13.7 Å². The topological polar surface area (TPSA) is 75.6 Å². The lowest BCUT2D eigenvalue weighted by Gasteiger charge is -2.13. The number of methoxy groups -OCH3 is 1. The van der Waals surface area contributed by atoms with Crippen LogP contribution in [0.25, 0.3) is 10.1 Å². The number of nitrogens with one attached hydrogen (secondary N) is 1. The van der Waals surface area contributed by atoms with E-state index in [2.05, 4.69) is 5.32 Å². The van der Waals surface area contributed by atoms with Crippen molar-refractivity contribution in [1.29, 1.82) is 0 Å². The number of fused-ring (bicyclic) bond motifs is 1. The summed E-state index contributed by atoms with van der Waals surface area (Å²) in [5, 5.41) is 11.8.